The van der Waals surface area contributed by atoms with E-state index in [4.69, 9.17) is 4.74 Å². The summed E-state index contributed by atoms with van der Waals surface area (Å²) in [4.78, 5) is 0. The fourth-order valence-corrected chi connectivity index (χ4v) is 1.00. The average Bonchev–Trinajstić information content (AvgIpc) is 1.88. The normalized spacial score (nSPS) is 25.6. The van der Waals surface area contributed by atoms with Crippen LogP contribution in [0.1, 0.15) is 13.3 Å². The maximum Gasteiger partial charge on any atom is 0.181 e. The predicted octanol–water partition coefficient (Wildman–Crippen LogP) is 0.890. The zero-order valence-corrected chi connectivity index (χ0v) is 6.20. The van der Waals surface area contributed by atoms with Gasteiger partial charge in [0.05, 0.1) is 12.5 Å². The fourth-order valence-electron chi connectivity index (χ4n) is 1.00. The van der Waals surface area contributed by atoms with Gasteiger partial charge in [0.2, 0.25) is 0 Å². The lowest BCUT2D eigenvalue weighted by molar-refractivity contribution is -0.379. The highest BCUT2D eigenvalue weighted by molar-refractivity contribution is 5.54. The number of nitrogens with zero attached hydrogens (tertiary/aromatic N) is 1. The third-order valence-electron chi connectivity index (χ3n) is 1.62. The summed E-state index contributed by atoms with van der Waals surface area (Å²) in [5.41, 5.74) is 0.986. The van der Waals surface area contributed by atoms with Crippen molar-refractivity contribution < 1.29 is 9.48 Å². The molecule has 10 heavy (non-hydrogen) atoms. The fraction of sp³-hybridized carbons (Fsp3) is 0.571. The summed E-state index contributed by atoms with van der Waals surface area (Å²) < 4.78 is 5.91. The molecule has 3 heteroatoms. The van der Waals surface area contributed by atoms with Crippen molar-refractivity contribution in [2.24, 2.45) is 0 Å². The monoisotopic (exact) mass is 141 g/mol. The highest BCUT2D eigenvalue weighted by atomic mass is 16.5. The third-order valence-corrected chi connectivity index (χ3v) is 1.62. The molecular weight excluding hydrogens is 130 g/mol. The summed E-state index contributed by atoms with van der Waals surface area (Å²) in [7, 11) is 1.65. The molecule has 0 fully saturated rings. The van der Waals surface area contributed by atoms with Gasteiger partial charge in [0, 0.05) is 12.7 Å². The SMILES string of the molecule is COC1CC=[N+]([O-])C=C1C. The van der Waals surface area contributed by atoms with Crippen LogP contribution in [0.15, 0.2) is 11.8 Å². The van der Waals surface area contributed by atoms with Gasteiger partial charge < -0.3 is 9.94 Å². The van der Waals surface area contributed by atoms with Gasteiger partial charge in [-0.05, 0) is 6.92 Å². The summed E-state index contributed by atoms with van der Waals surface area (Å²) in [5, 5.41) is 10.7. The van der Waals surface area contributed by atoms with Crippen molar-refractivity contribution in [3.8, 4) is 0 Å². The maximum atomic E-state index is 10.7. The number of methoxy groups -OCH3 is 1. The van der Waals surface area contributed by atoms with E-state index in [1.54, 1.807) is 13.3 Å². The van der Waals surface area contributed by atoms with E-state index >= 15 is 0 Å². The molecule has 0 spiro atoms. The van der Waals surface area contributed by atoms with Crippen molar-refractivity contribution in [2.45, 2.75) is 19.4 Å². The Morgan fingerprint density at radius 1 is 1.80 bits per heavy atom. The molecule has 0 radical (unpaired) electrons. The predicted molar refractivity (Wildman–Crippen MR) is 38.9 cm³/mol. The molecule has 0 bridgehead atoms. The molecule has 3 nitrogen and oxygen atoms in total. The molecule has 0 aromatic heterocycles. The van der Waals surface area contributed by atoms with Gasteiger partial charge in [0.25, 0.3) is 0 Å². The van der Waals surface area contributed by atoms with Crippen molar-refractivity contribution in [1.29, 1.82) is 0 Å². The molecule has 0 saturated carbocycles. The number of hydrogen-bond donors (Lipinski definition) is 0. The second-order valence-corrected chi connectivity index (χ2v) is 2.38. The smallest absolute Gasteiger partial charge is 0.181 e. The lowest BCUT2D eigenvalue weighted by Crippen LogP contribution is -2.19. The van der Waals surface area contributed by atoms with Crippen LogP contribution < -0.4 is 0 Å². The van der Waals surface area contributed by atoms with Crippen LogP contribution in [0, 0.1) is 5.21 Å². The molecule has 56 valence electrons. The topological polar surface area (TPSA) is 35.3 Å². The van der Waals surface area contributed by atoms with Gasteiger partial charge in [-0.15, -0.1) is 0 Å². The molecule has 1 aliphatic heterocycles. The van der Waals surface area contributed by atoms with Crippen LogP contribution in [0.25, 0.3) is 0 Å². The molecule has 0 aromatic rings. The summed E-state index contributed by atoms with van der Waals surface area (Å²) in [5.74, 6) is 0. The minimum absolute atomic E-state index is 0.102. The highest BCUT2D eigenvalue weighted by Gasteiger charge is 2.15. The Morgan fingerprint density at radius 2 is 2.50 bits per heavy atom. The second kappa shape index (κ2) is 2.84. The van der Waals surface area contributed by atoms with Crippen molar-refractivity contribution in [1.82, 2.24) is 0 Å². The molecule has 1 heterocycles. The maximum absolute atomic E-state index is 10.7. The Bertz CT molecular complexity index is 184. The van der Waals surface area contributed by atoms with Gasteiger partial charge >= 0.3 is 0 Å². The first-order valence-corrected chi connectivity index (χ1v) is 3.24. The molecule has 0 saturated heterocycles. The Kier molecular flexibility index (Phi) is 2.06. The molecule has 1 atom stereocenters. The number of hydrogen-bond acceptors (Lipinski definition) is 2. The van der Waals surface area contributed by atoms with Gasteiger partial charge in [-0.1, -0.05) is 0 Å². The Hall–Kier alpha value is -0.830. The van der Waals surface area contributed by atoms with Crippen LogP contribution in [0.4, 0.5) is 0 Å². The highest BCUT2D eigenvalue weighted by Crippen LogP contribution is 2.11. The van der Waals surface area contributed by atoms with Crippen LogP contribution in [0.2, 0.25) is 0 Å². The summed E-state index contributed by atoms with van der Waals surface area (Å²) in [6.45, 7) is 1.89. The second-order valence-electron chi connectivity index (χ2n) is 2.38. The molecule has 0 aliphatic carbocycles. The van der Waals surface area contributed by atoms with Crippen LogP contribution in [-0.2, 0) is 4.74 Å². The molecule has 1 rings (SSSR count). The standard InChI is InChI=1S/C7H11NO2/c1-6-5-8(9)4-3-7(6)10-2/h4-5,7H,3H2,1-2H3. The lowest BCUT2D eigenvalue weighted by atomic mass is 10.1. The van der Waals surface area contributed by atoms with Crippen LogP contribution in [0.5, 0.6) is 0 Å². The molecule has 0 N–H and O–H groups in total. The minimum atomic E-state index is 0.102. The van der Waals surface area contributed by atoms with Gasteiger partial charge in [-0.2, -0.15) is 4.74 Å². The quantitative estimate of drug-likeness (QED) is 0.401. The largest absolute Gasteiger partial charge is 0.619 e. The van der Waals surface area contributed by atoms with Crippen molar-refractivity contribution in [3.05, 3.63) is 17.0 Å². The van der Waals surface area contributed by atoms with Crippen LogP contribution in [-0.4, -0.2) is 24.2 Å². The van der Waals surface area contributed by atoms with E-state index in [1.807, 2.05) is 6.92 Å². The van der Waals surface area contributed by atoms with Crippen LogP contribution in [0.3, 0.4) is 0 Å². The zero-order chi connectivity index (χ0) is 7.56. The number of hydroxylamine groups is 1. The van der Waals surface area contributed by atoms with E-state index < -0.39 is 0 Å². The molecule has 1 unspecified atom stereocenters. The zero-order valence-electron chi connectivity index (χ0n) is 6.20. The Morgan fingerprint density at radius 3 is 3.00 bits per heavy atom. The van der Waals surface area contributed by atoms with E-state index in [2.05, 4.69) is 0 Å². The number of rotatable bonds is 1. The molecule has 0 aromatic carbocycles. The Balaban J connectivity index is 2.68. The van der Waals surface area contributed by atoms with Crippen molar-refractivity contribution in [3.63, 3.8) is 0 Å². The molecule has 0 amide bonds. The first kappa shape index (κ1) is 7.28. The third kappa shape index (κ3) is 1.36. The van der Waals surface area contributed by atoms with E-state index in [0.29, 0.717) is 6.42 Å². The summed E-state index contributed by atoms with van der Waals surface area (Å²) in [6, 6.07) is 0. The lowest BCUT2D eigenvalue weighted by Gasteiger charge is -2.15. The molecule has 1 aliphatic rings. The van der Waals surface area contributed by atoms with Gasteiger partial charge in [0.1, 0.15) is 0 Å². The van der Waals surface area contributed by atoms with Crippen molar-refractivity contribution >= 4 is 6.21 Å². The van der Waals surface area contributed by atoms with E-state index in [0.717, 1.165) is 10.3 Å². The Labute approximate surface area is 60.2 Å². The van der Waals surface area contributed by atoms with Gasteiger partial charge in [-0.25, -0.2) is 0 Å². The molecular formula is C7H11NO2. The first-order chi connectivity index (χ1) is 4.74. The van der Waals surface area contributed by atoms with E-state index in [9.17, 15) is 5.21 Å². The van der Waals surface area contributed by atoms with Crippen LogP contribution >= 0.6 is 0 Å². The van der Waals surface area contributed by atoms with E-state index in [-0.39, 0.29) is 6.10 Å². The summed E-state index contributed by atoms with van der Waals surface area (Å²) in [6.07, 6.45) is 3.89. The van der Waals surface area contributed by atoms with E-state index in [1.165, 1.54) is 6.20 Å². The first-order valence-electron chi connectivity index (χ1n) is 3.24. The minimum Gasteiger partial charge on any atom is -0.619 e. The van der Waals surface area contributed by atoms with Gasteiger partial charge in [-0.3, -0.25) is 0 Å². The van der Waals surface area contributed by atoms with Gasteiger partial charge in [0.15, 0.2) is 12.4 Å². The summed E-state index contributed by atoms with van der Waals surface area (Å²) >= 11 is 0. The average molecular weight is 141 g/mol. The van der Waals surface area contributed by atoms with Crippen molar-refractivity contribution in [2.75, 3.05) is 7.11 Å². The number of ether oxygens (including phenoxy) is 1.